The van der Waals surface area contributed by atoms with Gasteiger partial charge in [0.15, 0.2) is 23.3 Å². The average Bonchev–Trinajstić information content (AvgIpc) is 2.30. The zero-order valence-corrected chi connectivity index (χ0v) is 10.4. The monoisotopic (exact) mass is 317 g/mol. The van der Waals surface area contributed by atoms with Crippen LogP contribution in [0.4, 0.5) is 23.2 Å². The van der Waals surface area contributed by atoms with Crippen molar-refractivity contribution in [1.29, 1.82) is 0 Å². The smallest absolute Gasteiger partial charge is 0.330 e. The summed E-state index contributed by atoms with van der Waals surface area (Å²) in [6.45, 7) is -1.01. The van der Waals surface area contributed by atoms with E-state index >= 15 is 0 Å². The number of carboxylic acids is 1. The third-order valence-corrected chi connectivity index (χ3v) is 2.86. The van der Waals surface area contributed by atoms with E-state index in [1.807, 2.05) is 0 Å². The third kappa shape index (κ3) is 3.69. The van der Waals surface area contributed by atoms with Crippen LogP contribution >= 0.6 is 7.60 Å². The molecule has 0 saturated carbocycles. The lowest BCUT2D eigenvalue weighted by molar-refractivity contribution is -0.134. The van der Waals surface area contributed by atoms with Crippen LogP contribution in [0.2, 0.25) is 0 Å². The van der Waals surface area contributed by atoms with Crippen LogP contribution in [0.15, 0.2) is 0 Å². The Hall–Kier alpha value is -1.64. The van der Waals surface area contributed by atoms with Crippen LogP contribution in [-0.4, -0.2) is 27.4 Å². The first kappa shape index (κ1) is 16.4. The number of nitrogens with one attached hydrogen (secondary N) is 1. The summed E-state index contributed by atoms with van der Waals surface area (Å²) in [5.74, 6) is -9.47. The zero-order valence-electron chi connectivity index (χ0n) is 9.53. The van der Waals surface area contributed by atoms with Gasteiger partial charge in [0, 0.05) is 5.56 Å². The van der Waals surface area contributed by atoms with Crippen LogP contribution in [0, 0.1) is 23.3 Å². The molecule has 112 valence electrons. The molecule has 0 heterocycles. The van der Waals surface area contributed by atoms with Gasteiger partial charge in [-0.25, -0.2) is 17.6 Å². The molecule has 1 aromatic rings. The van der Waals surface area contributed by atoms with E-state index in [4.69, 9.17) is 14.9 Å². The number of benzene rings is 1. The van der Waals surface area contributed by atoms with Gasteiger partial charge in [0.25, 0.3) is 0 Å². The minimum absolute atomic E-state index is 1.01. The molecule has 0 aliphatic heterocycles. The van der Waals surface area contributed by atoms with Crippen molar-refractivity contribution in [2.45, 2.75) is 6.16 Å². The zero-order chi connectivity index (χ0) is 15.7. The van der Waals surface area contributed by atoms with Gasteiger partial charge in [-0.3, -0.25) is 9.36 Å². The summed E-state index contributed by atoms with van der Waals surface area (Å²) >= 11 is 0. The van der Waals surface area contributed by atoms with E-state index in [1.165, 1.54) is 0 Å². The number of hydrogen-bond donors (Lipinski definition) is 4. The van der Waals surface area contributed by atoms with Crippen molar-refractivity contribution in [3.05, 3.63) is 28.8 Å². The third-order valence-electron chi connectivity index (χ3n) is 2.13. The maximum Gasteiger partial charge on any atom is 0.330 e. The van der Waals surface area contributed by atoms with E-state index in [0.29, 0.717) is 0 Å². The summed E-state index contributed by atoms with van der Waals surface area (Å²) in [5.41, 5.74) is -2.81. The molecule has 0 amide bonds. The number of aliphatic carboxylic acids is 1. The quantitative estimate of drug-likeness (QED) is 0.372. The number of hydrogen-bond acceptors (Lipinski definition) is 3. The number of rotatable bonds is 5. The predicted octanol–water partition coefficient (Wildman–Crippen LogP) is 1.42. The summed E-state index contributed by atoms with van der Waals surface area (Å²) in [7, 11) is -4.96. The van der Waals surface area contributed by atoms with E-state index in [9.17, 15) is 26.9 Å². The van der Waals surface area contributed by atoms with Gasteiger partial charge in [-0.15, -0.1) is 0 Å². The molecule has 20 heavy (non-hydrogen) atoms. The van der Waals surface area contributed by atoms with E-state index in [0.717, 1.165) is 0 Å². The van der Waals surface area contributed by atoms with Gasteiger partial charge in [0.05, 0.1) is 6.16 Å². The molecule has 0 aromatic heterocycles. The lowest BCUT2D eigenvalue weighted by Crippen LogP contribution is -2.17. The van der Waals surface area contributed by atoms with Gasteiger partial charge < -0.3 is 20.2 Å². The van der Waals surface area contributed by atoms with Crippen LogP contribution in [0.3, 0.4) is 0 Å². The van der Waals surface area contributed by atoms with Crippen LogP contribution in [0.1, 0.15) is 5.56 Å². The number of carboxylic acid groups (broad SMARTS) is 1. The molecule has 1 aromatic carbocycles. The van der Waals surface area contributed by atoms with Crippen LogP contribution in [0.5, 0.6) is 0 Å². The van der Waals surface area contributed by atoms with Gasteiger partial charge in [0.2, 0.25) is 0 Å². The molecule has 1 rings (SSSR count). The van der Waals surface area contributed by atoms with Crippen molar-refractivity contribution in [3.63, 3.8) is 0 Å². The molecule has 0 saturated heterocycles. The topological polar surface area (TPSA) is 107 Å². The standard InChI is InChI=1S/C9H8F4NO5P/c10-5-3(2-20(17,18)19)6(11)8(13)9(7(5)12)14-1-4(15)16/h14H,1-2H2,(H,15,16)(H2,17,18,19). The highest BCUT2D eigenvalue weighted by Gasteiger charge is 2.29. The van der Waals surface area contributed by atoms with Crippen molar-refractivity contribution in [2.24, 2.45) is 0 Å². The highest BCUT2D eigenvalue weighted by atomic mass is 31.2. The second kappa shape index (κ2) is 5.78. The average molecular weight is 317 g/mol. The summed E-state index contributed by atoms with van der Waals surface area (Å²) < 4.78 is 64.4. The molecular weight excluding hydrogens is 309 g/mol. The highest BCUT2D eigenvalue weighted by molar-refractivity contribution is 7.50. The first-order valence-electron chi connectivity index (χ1n) is 4.89. The van der Waals surface area contributed by atoms with Crippen LogP contribution < -0.4 is 5.32 Å². The first-order valence-corrected chi connectivity index (χ1v) is 6.69. The maximum atomic E-state index is 13.4. The Labute approximate surface area is 109 Å². The van der Waals surface area contributed by atoms with Gasteiger partial charge in [-0.05, 0) is 0 Å². The SMILES string of the molecule is O=C(O)CNc1c(F)c(F)c(CP(=O)(O)O)c(F)c1F. The minimum atomic E-state index is -4.96. The van der Waals surface area contributed by atoms with E-state index in [1.54, 1.807) is 5.32 Å². The van der Waals surface area contributed by atoms with Crippen LogP contribution in [0.25, 0.3) is 0 Å². The number of anilines is 1. The number of carbonyl (C=O) groups is 1. The van der Waals surface area contributed by atoms with E-state index in [-0.39, 0.29) is 0 Å². The van der Waals surface area contributed by atoms with Crippen molar-refractivity contribution in [3.8, 4) is 0 Å². The molecule has 0 unspecified atom stereocenters. The summed E-state index contributed by atoms with van der Waals surface area (Å²) in [4.78, 5) is 27.4. The van der Waals surface area contributed by atoms with Crippen LogP contribution in [-0.2, 0) is 15.5 Å². The van der Waals surface area contributed by atoms with E-state index < -0.39 is 60.8 Å². The minimum Gasteiger partial charge on any atom is -0.480 e. The molecule has 11 heteroatoms. The Morgan fingerprint density at radius 1 is 1.05 bits per heavy atom. The lowest BCUT2D eigenvalue weighted by atomic mass is 10.1. The van der Waals surface area contributed by atoms with Gasteiger partial charge >= 0.3 is 13.6 Å². The van der Waals surface area contributed by atoms with Gasteiger partial charge in [0.1, 0.15) is 12.2 Å². The molecule has 0 aliphatic rings. The van der Waals surface area contributed by atoms with Crippen molar-refractivity contribution in [1.82, 2.24) is 0 Å². The fourth-order valence-corrected chi connectivity index (χ4v) is 2.03. The first-order chi connectivity index (χ1) is 9.04. The largest absolute Gasteiger partial charge is 0.480 e. The van der Waals surface area contributed by atoms with E-state index in [2.05, 4.69) is 0 Å². The molecule has 0 atom stereocenters. The van der Waals surface area contributed by atoms with Gasteiger partial charge in [-0.1, -0.05) is 0 Å². The summed E-state index contributed by atoms with van der Waals surface area (Å²) in [6.07, 6.45) is -1.53. The Kier molecular flexibility index (Phi) is 4.74. The lowest BCUT2D eigenvalue weighted by Gasteiger charge is -2.13. The molecule has 0 fully saturated rings. The molecule has 4 N–H and O–H groups in total. The second-order valence-corrected chi connectivity index (χ2v) is 5.33. The van der Waals surface area contributed by atoms with Crippen molar-refractivity contribution >= 4 is 19.3 Å². The fraction of sp³-hybridized carbons (Fsp3) is 0.222. The second-order valence-electron chi connectivity index (χ2n) is 3.68. The van der Waals surface area contributed by atoms with Crippen molar-refractivity contribution < 1.29 is 41.8 Å². The molecule has 6 nitrogen and oxygen atoms in total. The predicted molar refractivity (Wildman–Crippen MR) is 58.1 cm³/mol. The molecule has 0 bridgehead atoms. The Morgan fingerprint density at radius 2 is 1.50 bits per heavy atom. The molecule has 0 spiro atoms. The fourth-order valence-electron chi connectivity index (χ4n) is 1.34. The molecule has 0 aliphatic carbocycles. The number of halogens is 4. The summed E-state index contributed by atoms with van der Waals surface area (Å²) in [5, 5.41) is 9.93. The summed E-state index contributed by atoms with van der Waals surface area (Å²) in [6, 6.07) is 0. The molecular formula is C9H8F4NO5P. The Morgan fingerprint density at radius 3 is 1.85 bits per heavy atom. The van der Waals surface area contributed by atoms with Gasteiger partial charge in [-0.2, -0.15) is 0 Å². The maximum absolute atomic E-state index is 13.4. The normalized spacial score (nSPS) is 11.5. The van der Waals surface area contributed by atoms with Crippen molar-refractivity contribution in [2.75, 3.05) is 11.9 Å². The molecule has 0 radical (unpaired) electrons. The Bertz CT molecular complexity index is 573. The highest BCUT2D eigenvalue weighted by Crippen LogP contribution is 2.42. The Balaban J connectivity index is 3.34.